The van der Waals surface area contributed by atoms with E-state index in [-0.39, 0.29) is 23.8 Å². The molecule has 0 amide bonds. The van der Waals surface area contributed by atoms with Gasteiger partial charge in [-0.15, -0.1) is 0 Å². The molecule has 0 bridgehead atoms. The van der Waals surface area contributed by atoms with Crippen molar-refractivity contribution in [1.29, 1.82) is 0 Å². The molecule has 0 aromatic carbocycles. The van der Waals surface area contributed by atoms with E-state index in [9.17, 15) is 9.59 Å². The van der Waals surface area contributed by atoms with Crippen molar-refractivity contribution >= 4 is 11.9 Å². The molecule has 0 saturated heterocycles. The lowest BCUT2D eigenvalue weighted by molar-refractivity contribution is -0.144. The van der Waals surface area contributed by atoms with E-state index in [0.717, 1.165) is 19.3 Å². The van der Waals surface area contributed by atoms with Gasteiger partial charge in [0.2, 0.25) is 0 Å². The van der Waals surface area contributed by atoms with Gasteiger partial charge in [-0.3, -0.25) is 9.59 Å². The molecule has 0 fully saturated rings. The Labute approximate surface area is 89.2 Å². The van der Waals surface area contributed by atoms with Crippen molar-refractivity contribution in [2.75, 3.05) is 14.2 Å². The van der Waals surface area contributed by atoms with Crippen LogP contribution in [-0.2, 0) is 19.1 Å². The Morgan fingerprint density at radius 3 is 1.73 bits per heavy atom. The molecule has 0 N–H and O–H groups in total. The maximum atomic E-state index is 11.3. The molecule has 0 aromatic rings. The zero-order chi connectivity index (χ0) is 11.3. The summed E-state index contributed by atoms with van der Waals surface area (Å²) in [7, 11) is 2.75. The number of hydrogen-bond donors (Lipinski definition) is 0. The van der Waals surface area contributed by atoms with Gasteiger partial charge in [-0.1, -0.05) is 18.6 Å². The van der Waals surface area contributed by atoms with Gasteiger partial charge in [0.15, 0.2) is 0 Å². The fourth-order valence-corrected chi connectivity index (χ4v) is 1.71. The maximum absolute atomic E-state index is 11.3. The monoisotopic (exact) mass is 212 g/mol. The highest BCUT2D eigenvalue weighted by molar-refractivity contribution is 5.76. The van der Waals surface area contributed by atoms with E-state index in [2.05, 4.69) is 9.47 Å². The number of esters is 2. The van der Waals surface area contributed by atoms with Crippen molar-refractivity contribution in [2.24, 2.45) is 11.8 Å². The normalized spacial score (nSPS) is 25.5. The number of carbonyl (C=O) groups is 2. The predicted octanol–water partition coefficient (Wildman–Crippen LogP) is 1.30. The molecule has 0 radical (unpaired) electrons. The molecule has 4 heteroatoms. The average Bonchev–Trinajstić information content (AvgIpc) is 2.52. The standard InChI is InChI=1S/C11H16O4/c1-14-10(12)8-4-3-5-9(7-6-8)11(13)15-2/h6-9H,3-5H2,1-2H3. The number of hydrogen-bond acceptors (Lipinski definition) is 4. The lowest BCUT2D eigenvalue weighted by Gasteiger charge is -2.07. The van der Waals surface area contributed by atoms with E-state index in [1.165, 1.54) is 14.2 Å². The minimum atomic E-state index is -0.239. The molecular formula is C11H16O4. The second-order valence-electron chi connectivity index (χ2n) is 3.58. The van der Waals surface area contributed by atoms with E-state index < -0.39 is 0 Å². The molecule has 2 unspecified atom stereocenters. The van der Waals surface area contributed by atoms with Gasteiger partial charge in [0.1, 0.15) is 0 Å². The van der Waals surface area contributed by atoms with Gasteiger partial charge in [-0.25, -0.2) is 0 Å². The first-order valence-electron chi connectivity index (χ1n) is 5.03. The van der Waals surface area contributed by atoms with E-state index in [1.54, 1.807) is 12.2 Å². The van der Waals surface area contributed by atoms with Crippen molar-refractivity contribution < 1.29 is 19.1 Å². The van der Waals surface area contributed by atoms with E-state index in [0.29, 0.717) is 0 Å². The van der Waals surface area contributed by atoms with Gasteiger partial charge in [0.25, 0.3) is 0 Å². The van der Waals surface area contributed by atoms with Crippen LogP contribution in [0.2, 0.25) is 0 Å². The first-order valence-corrected chi connectivity index (χ1v) is 5.03. The van der Waals surface area contributed by atoms with Crippen molar-refractivity contribution in [1.82, 2.24) is 0 Å². The Morgan fingerprint density at radius 1 is 1.00 bits per heavy atom. The third-order valence-electron chi connectivity index (χ3n) is 2.61. The molecule has 1 rings (SSSR count). The second kappa shape index (κ2) is 5.53. The summed E-state index contributed by atoms with van der Waals surface area (Å²) < 4.78 is 9.32. The number of carbonyl (C=O) groups excluding carboxylic acids is 2. The van der Waals surface area contributed by atoms with Crippen LogP contribution in [-0.4, -0.2) is 26.2 Å². The smallest absolute Gasteiger partial charge is 0.312 e. The third kappa shape index (κ3) is 3.08. The molecule has 1 aliphatic carbocycles. The van der Waals surface area contributed by atoms with Crippen molar-refractivity contribution in [3.8, 4) is 0 Å². The Morgan fingerprint density at radius 2 is 1.40 bits per heavy atom. The predicted molar refractivity (Wildman–Crippen MR) is 54.0 cm³/mol. The molecule has 4 nitrogen and oxygen atoms in total. The molecule has 0 aliphatic heterocycles. The highest BCUT2D eigenvalue weighted by Gasteiger charge is 2.23. The SMILES string of the molecule is COC(=O)C1C=CC(C(=O)OC)CCC1. The van der Waals surface area contributed by atoms with E-state index in [4.69, 9.17) is 0 Å². The summed E-state index contributed by atoms with van der Waals surface area (Å²) >= 11 is 0. The lowest BCUT2D eigenvalue weighted by atomic mass is 10.0. The zero-order valence-corrected chi connectivity index (χ0v) is 9.06. The minimum absolute atomic E-state index is 0.218. The van der Waals surface area contributed by atoms with E-state index >= 15 is 0 Å². The Bertz CT molecular complexity index is 244. The average molecular weight is 212 g/mol. The zero-order valence-electron chi connectivity index (χ0n) is 9.06. The number of methoxy groups -OCH3 is 2. The molecule has 15 heavy (non-hydrogen) atoms. The van der Waals surface area contributed by atoms with Crippen LogP contribution in [0.3, 0.4) is 0 Å². The van der Waals surface area contributed by atoms with Crippen LogP contribution in [0.5, 0.6) is 0 Å². The van der Waals surface area contributed by atoms with Gasteiger partial charge >= 0.3 is 11.9 Å². The molecule has 0 heterocycles. The number of ether oxygens (including phenoxy) is 2. The first kappa shape index (κ1) is 11.8. The topological polar surface area (TPSA) is 52.6 Å². The minimum Gasteiger partial charge on any atom is -0.469 e. The van der Waals surface area contributed by atoms with Crippen molar-refractivity contribution in [3.05, 3.63) is 12.2 Å². The van der Waals surface area contributed by atoms with Crippen LogP contribution in [0.1, 0.15) is 19.3 Å². The summed E-state index contributed by atoms with van der Waals surface area (Å²) in [5, 5.41) is 0. The summed E-state index contributed by atoms with van der Waals surface area (Å²) in [5.74, 6) is -0.914. The summed E-state index contributed by atoms with van der Waals surface area (Å²) in [6.07, 6.45) is 5.79. The summed E-state index contributed by atoms with van der Waals surface area (Å²) in [6, 6.07) is 0. The molecule has 1 aliphatic rings. The highest BCUT2D eigenvalue weighted by Crippen LogP contribution is 2.22. The van der Waals surface area contributed by atoms with Crippen molar-refractivity contribution in [3.63, 3.8) is 0 Å². The summed E-state index contributed by atoms with van der Waals surface area (Å²) in [5.41, 5.74) is 0. The molecule has 84 valence electrons. The quantitative estimate of drug-likeness (QED) is 0.511. The van der Waals surface area contributed by atoms with Gasteiger partial charge in [-0.05, 0) is 12.8 Å². The van der Waals surface area contributed by atoms with Gasteiger partial charge in [0.05, 0.1) is 26.1 Å². The fourth-order valence-electron chi connectivity index (χ4n) is 1.71. The van der Waals surface area contributed by atoms with Crippen LogP contribution in [0.4, 0.5) is 0 Å². The lowest BCUT2D eigenvalue weighted by Crippen LogP contribution is -2.13. The third-order valence-corrected chi connectivity index (χ3v) is 2.61. The van der Waals surface area contributed by atoms with Crippen LogP contribution < -0.4 is 0 Å². The highest BCUT2D eigenvalue weighted by atomic mass is 16.5. The van der Waals surface area contributed by atoms with Crippen LogP contribution in [0.25, 0.3) is 0 Å². The molecule has 0 aromatic heterocycles. The van der Waals surface area contributed by atoms with Gasteiger partial charge in [0, 0.05) is 0 Å². The van der Waals surface area contributed by atoms with Crippen LogP contribution in [0.15, 0.2) is 12.2 Å². The van der Waals surface area contributed by atoms with Crippen molar-refractivity contribution in [2.45, 2.75) is 19.3 Å². The largest absolute Gasteiger partial charge is 0.469 e. The Balaban J connectivity index is 2.63. The molecule has 0 spiro atoms. The molecular weight excluding hydrogens is 196 g/mol. The van der Waals surface area contributed by atoms with Gasteiger partial charge in [-0.2, -0.15) is 0 Å². The first-order chi connectivity index (χ1) is 7.19. The Kier molecular flexibility index (Phi) is 4.34. The van der Waals surface area contributed by atoms with Gasteiger partial charge < -0.3 is 9.47 Å². The molecule has 2 atom stereocenters. The summed E-state index contributed by atoms with van der Waals surface area (Å²) in [4.78, 5) is 22.6. The fraction of sp³-hybridized carbons (Fsp3) is 0.636. The summed E-state index contributed by atoms with van der Waals surface area (Å²) in [6.45, 7) is 0. The van der Waals surface area contributed by atoms with E-state index in [1.807, 2.05) is 0 Å². The Hall–Kier alpha value is -1.32. The maximum Gasteiger partial charge on any atom is 0.312 e. The van der Waals surface area contributed by atoms with Crippen LogP contribution in [0, 0.1) is 11.8 Å². The molecule has 0 saturated carbocycles. The van der Waals surface area contributed by atoms with Crippen LogP contribution >= 0.6 is 0 Å². The second-order valence-corrected chi connectivity index (χ2v) is 3.58. The number of rotatable bonds is 2.